The lowest BCUT2D eigenvalue weighted by Gasteiger charge is -2.36. The Labute approximate surface area is 177 Å². The minimum absolute atomic E-state index is 0.00668. The fourth-order valence-electron chi connectivity index (χ4n) is 3.61. The second-order valence-corrected chi connectivity index (χ2v) is 7.86. The van der Waals surface area contributed by atoms with Gasteiger partial charge in [0, 0.05) is 30.9 Å². The third kappa shape index (κ3) is 4.08. The maximum atomic E-state index is 14.3. The van der Waals surface area contributed by atoms with E-state index in [1.54, 1.807) is 19.2 Å². The Kier molecular flexibility index (Phi) is 5.57. The fraction of sp³-hybridized carbons (Fsp3) is 0.400. The number of hydrogen-bond donors (Lipinski definition) is 0. The van der Waals surface area contributed by atoms with Crippen LogP contribution in [0.5, 0.6) is 0 Å². The topological polar surface area (TPSA) is 86.3 Å². The van der Waals surface area contributed by atoms with Crippen LogP contribution in [0.1, 0.15) is 25.2 Å². The van der Waals surface area contributed by atoms with Crippen molar-refractivity contribution in [2.45, 2.75) is 39.5 Å². The van der Waals surface area contributed by atoms with Crippen molar-refractivity contribution in [1.29, 1.82) is 0 Å². The second-order valence-electron chi connectivity index (χ2n) is 7.42. The van der Waals surface area contributed by atoms with E-state index < -0.39 is 5.82 Å². The first kappa shape index (κ1) is 20.5. The van der Waals surface area contributed by atoms with E-state index in [0.717, 1.165) is 11.8 Å². The summed E-state index contributed by atoms with van der Waals surface area (Å²) < 4.78 is 26.6. The minimum atomic E-state index is -0.622. The lowest BCUT2D eigenvalue weighted by atomic mass is 10.1. The zero-order valence-corrected chi connectivity index (χ0v) is 17.6. The van der Waals surface area contributed by atoms with Crippen molar-refractivity contribution in [1.82, 2.24) is 19.9 Å². The number of halogens is 2. The maximum absolute atomic E-state index is 14.3. The van der Waals surface area contributed by atoms with Crippen molar-refractivity contribution in [3.8, 4) is 11.4 Å². The molecule has 1 aliphatic heterocycles. The zero-order valence-electron chi connectivity index (χ0n) is 16.8. The first-order chi connectivity index (χ1) is 14.3. The van der Waals surface area contributed by atoms with Crippen molar-refractivity contribution < 1.29 is 13.7 Å². The predicted octanol–water partition coefficient (Wildman–Crippen LogP) is 3.06. The number of aryl methyl sites for hydroxylation is 1. The molecule has 0 saturated carbocycles. The third-order valence-corrected chi connectivity index (χ3v) is 5.17. The van der Waals surface area contributed by atoms with Gasteiger partial charge >= 0.3 is 0 Å². The molecule has 0 spiro atoms. The molecule has 0 aliphatic carbocycles. The molecule has 1 saturated heterocycles. The van der Waals surface area contributed by atoms with E-state index in [9.17, 15) is 9.18 Å². The van der Waals surface area contributed by atoms with Crippen LogP contribution < -0.4 is 10.5 Å². The van der Waals surface area contributed by atoms with Crippen molar-refractivity contribution in [2.24, 2.45) is 0 Å². The summed E-state index contributed by atoms with van der Waals surface area (Å²) in [4.78, 5) is 18.8. The van der Waals surface area contributed by atoms with Gasteiger partial charge in [0.25, 0.3) is 5.56 Å². The Morgan fingerprint density at radius 2 is 1.93 bits per heavy atom. The molecule has 0 aromatic carbocycles. The largest absolute Gasteiger partial charge is 0.372 e. The Balaban J connectivity index is 1.63. The number of anilines is 1. The average Bonchev–Trinajstić information content (AvgIpc) is 3.03. The first-order valence-corrected chi connectivity index (χ1v) is 9.93. The summed E-state index contributed by atoms with van der Waals surface area (Å²) in [6.07, 6.45) is 3.12. The molecule has 158 valence electrons. The molecule has 0 bridgehead atoms. The molecular weight excluding hydrogens is 413 g/mol. The van der Waals surface area contributed by atoms with Crippen LogP contribution in [0.25, 0.3) is 11.4 Å². The summed E-state index contributed by atoms with van der Waals surface area (Å²) in [6, 6.07) is 2.70. The van der Waals surface area contributed by atoms with Gasteiger partial charge in [-0.2, -0.15) is 5.10 Å². The van der Waals surface area contributed by atoms with Gasteiger partial charge in [-0.05, 0) is 26.8 Å². The highest BCUT2D eigenvalue weighted by molar-refractivity contribution is 6.30. The summed E-state index contributed by atoms with van der Waals surface area (Å²) in [5.74, 6) is -0.169. The van der Waals surface area contributed by atoms with Crippen molar-refractivity contribution in [3.63, 3.8) is 0 Å². The number of rotatable bonds is 4. The van der Waals surface area contributed by atoms with Crippen molar-refractivity contribution in [3.05, 3.63) is 57.0 Å². The van der Waals surface area contributed by atoms with Crippen LogP contribution in [0.3, 0.4) is 0 Å². The van der Waals surface area contributed by atoms with E-state index in [0.29, 0.717) is 24.4 Å². The van der Waals surface area contributed by atoms with E-state index >= 15 is 0 Å². The van der Waals surface area contributed by atoms with Gasteiger partial charge in [-0.15, -0.1) is 0 Å². The van der Waals surface area contributed by atoms with Gasteiger partial charge in [0.2, 0.25) is 0 Å². The highest BCUT2D eigenvalue weighted by atomic mass is 35.5. The molecule has 1 aliphatic rings. The molecule has 4 heterocycles. The third-order valence-electron chi connectivity index (χ3n) is 4.96. The molecule has 0 radical (unpaired) electrons. The van der Waals surface area contributed by atoms with Gasteiger partial charge < -0.3 is 14.2 Å². The highest BCUT2D eigenvalue weighted by Crippen LogP contribution is 2.27. The summed E-state index contributed by atoms with van der Waals surface area (Å²) in [7, 11) is 0. The summed E-state index contributed by atoms with van der Waals surface area (Å²) in [5, 5.41) is 8.41. The Morgan fingerprint density at radius 1 is 1.20 bits per heavy atom. The van der Waals surface area contributed by atoms with Crippen molar-refractivity contribution >= 4 is 17.3 Å². The normalized spacial score (nSPS) is 19.3. The van der Waals surface area contributed by atoms with E-state index in [2.05, 4.69) is 20.1 Å². The molecule has 30 heavy (non-hydrogen) atoms. The molecule has 1 fully saturated rings. The summed E-state index contributed by atoms with van der Waals surface area (Å²) in [6.45, 7) is 7.13. The van der Waals surface area contributed by atoms with E-state index in [-0.39, 0.29) is 40.7 Å². The van der Waals surface area contributed by atoms with Gasteiger partial charge in [0.05, 0.1) is 35.7 Å². The van der Waals surface area contributed by atoms with Crippen LogP contribution >= 0.6 is 11.6 Å². The monoisotopic (exact) mass is 433 g/mol. The van der Waals surface area contributed by atoms with Gasteiger partial charge in [-0.3, -0.25) is 4.79 Å². The lowest BCUT2D eigenvalue weighted by molar-refractivity contribution is -0.00525. The molecular formula is C20H21ClFN5O3. The van der Waals surface area contributed by atoms with Crippen LogP contribution in [-0.4, -0.2) is 45.2 Å². The van der Waals surface area contributed by atoms with Crippen LogP contribution in [-0.2, 0) is 11.3 Å². The lowest BCUT2D eigenvalue weighted by Crippen LogP contribution is -2.46. The van der Waals surface area contributed by atoms with Gasteiger partial charge in [-0.25, -0.2) is 14.1 Å². The smallest absolute Gasteiger partial charge is 0.269 e. The number of nitrogens with zero attached hydrogens (tertiary/aromatic N) is 5. The summed E-state index contributed by atoms with van der Waals surface area (Å²) in [5.41, 5.74) is 1.21. The van der Waals surface area contributed by atoms with Gasteiger partial charge in [0.15, 0.2) is 5.82 Å². The first-order valence-electron chi connectivity index (χ1n) is 9.56. The maximum Gasteiger partial charge on any atom is 0.269 e. The SMILES string of the molecule is Cc1onc(-c2ncc(Cl)cc2F)c1Cn1ncc(N2CC(C)OC(C)C2)cc1=O. The number of hydrogen-bond acceptors (Lipinski definition) is 7. The molecule has 2 unspecified atom stereocenters. The molecule has 3 aromatic rings. The Bertz CT molecular complexity index is 1120. The number of morpholine rings is 1. The second kappa shape index (κ2) is 8.16. The molecule has 0 amide bonds. The zero-order chi connectivity index (χ0) is 21.4. The molecule has 10 heteroatoms. The minimum Gasteiger partial charge on any atom is -0.372 e. The standard InChI is InChI=1S/C20H21ClFN5O3/c1-11-8-26(9-12(2)29-11)15-5-18(28)27(24-7-15)10-16-13(3)30-25-19(16)20-17(22)4-14(21)6-23-20/h4-7,11-12H,8-10H2,1-3H3. The Hall–Kier alpha value is -2.78. The number of ether oxygens (including phenoxy) is 1. The van der Waals surface area contributed by atoms with Gasteiger partial charge in [-0.1, -0.05) is 16.8 Å². The molecule has 4 rings (SSSR count). The molecule has 2 atom stereocenters. The van der Waals surface area contributed by atoms with E-state index in [1.165, 1.54) is 10.9 Å². The van der Waals surface area contributed by atoms with E-state index in [1.807, 2.05) is 13.8 Å². The van der Waals surface area contributed by atoms with Crippen LogP contribution in [0, 0.1) is 12.7 Å². The van der Waals surface area contributed by atoms with E-state index in [4.69, 9.17) is 20.9 Å². The fourth-order valence-corrected chi connectivity index (χ4v) is 3.75. The van der Waals surface area contributed by atoms with Crippen LogP contribution in [0.4, 0.5) is 10.1 Å². The van der Waals surface area contributed by atoms with Crippen LogP contribution in [0.15, 0.2) is 33.8 Å². The molecule has 8 nitrogen and oxygen atoms in total. The van der Waals surface area contributed by atoms with Gasteiger partial charge in [0.1, 0.15) is 17.1 Å². The Morgan fingerprint density at radius 3 is 2.60 bits per heavy atom. The molecule has 0 N–H and O–H groups in total. The summed E-state index contributed by atoms with van der Waals surface area (Å²) >= 11 is 5.78. The number of pyridine rings is 1. The predicted molar refractivity (Wildman–Crippen MR) is 109 cm³/mol. The van der Waals surface area contributed by atoms with Crippen LogP contribution in [0.2, 0.25) is 5.02 Å². The quantitative estimate of drug-likeness (QED) is 0.625. The molecule has 3 aromatic heterocycles. The number of aromatic nitrogens is 4. The van der Waals surface area contributed by atoms with Crippen molar-refractivity contribution in [2.75, 3.05) is 18.0 Å². The average molecular weight is 434 g/mol. The highest BCUT2D eigenvalue weighted by Gasteiger charge is 2.24.